The second-order valence-electron chi connectivity index (χ2n) is 7.21. The van der Waals surface area contributed by atoms with Gasteiger partial charge in [-0.05, 0) is 63.3 Å². The van der Waals surface area contributed by atoms with Gasteiger partial charge in [-0.1, -0.05) is 12.8 Å². The average Bonchev–Trinajstić information content (AvgIpc) is 2.58. The number of benzene rings is 1. The number of anilines is 1. The van der Waals surface area contributed by atoms with Gasteiger partial charge in [-0.25, -0.2) is 0 Å². The van der Waals surface area contributed by atoms with E-state index in [1.807, 2.05) is 14.1 Å². The summed E-state index contributed by atoms with van der Waals surface area (Å²) < 4.78 is 77.6. The van der Waals surface area contributed by atoms with Gasteiger partial charge in [-0.15, -0.1) is 0 Å². The molecular weight excluding hydrogens is 404 g/mol. The number of rotatable bonds is 4. The number of alkyl halides is 6. The summed E-state index contributed by atoms with van der Waals surface area (Å²) in [6.07, 6.45) is -5.55. The van der Waals surface area contributed by atoms with E-state index in [1.165, 1.54) is 0 Å². The highest BCUT2D eigenvalue weighted by Crippen LogP contribution is 2.37. The number of hydrogen-bond donors (Lipinski definition) is 2. The van der Waals surface area contributed by atoms with E-state index in [9.17, 15) is 26.3 Å². The van der Waals surface area contributed by atoms with Crippen molar-refractivity contribution in [3.63, 3.8) is 0 Å². The normalized spacial score (nSPS) is 20.9. The Morgan fingerprint density at radius 3 is 2.04 bits per heavy atom. The lowest BCUT2D eigenvalue weighted by molar-refractivity contribution is -0.143. The Morgan fingerprint density at radius 2 is 1.54 bits per heavy atom. The van der Waals surface area contributed by atoms with E-state index in [-0.39, 0.29) is 16.9 Å². The molecule has 1 saturated carbocycles. The van der Waals surface area contributed by atoms with Crippen molar-refractivity contribution in [3.8, 4) is 0 Å². The lowest BCUT2D eigenvalue weighted by Crippen LogP contribution is -2.44. The molecule has 28 heavy (non-hydrogen) atoms. The van der Waals surface area contributed by atoms with Crippen LogP contribution >= 0.6 is 12.2 Å². The molecule has 0 aliphatic heterocycles. The largest absolute Gasteiger partial charge is 0.416 e. The number of thiocarbonyl (C=S) groups is 1. The Labute approximate surface area is 165 Å². The lowest BCUT2D eigenvalue weighted by atomic mass is 9.84. The third-order valence-corrected chi connectivity index (χ3v) is 5.15. The first-order valence-corrected chi connectivity index (χ1v) is 9.29. The molecule has 0 saturated heterocycles. The van der Waals surface area contributed by atoms with Crippen LogP contribution in [0.25, 0.3) is 0 Å². The molecule has 10 heteroatoms. The smallest absolute Gasteiger partial charge is 0.362 e. The van der Waals surface area contributed by atoms with Crippen molar-refractivity contribution in [1.29, 1.82) is 0 Å². The van der Waals surface area contributed by atoms with Crippen LogP contribution in [0.3, 0.4) is 0 Å². The molecule has 0 heterocycles. The molecule has 158 valence electrons. The Kier molecular flexibility index (Phi) is 7.19. The molecule has 1 aliphatic carbocycles. The minimum atomic E-state index is -4.90. The Morgan fingerprint density at radius 1 is 1.00 bits per heavy atom. The summed E-state index contributed by atoms with van der Waals surface area (Å²) in [6, 6.07) is 1.68. The molecule has 2 atom stereocenters. The molecule has 0 amide bonds. The van der Waals surface area contributed by atoms with Gasteiger partial charge in [-0.2, -0.15) is 26.3 Å². The Balaban J connectivity index is 2.08. The zero-order chi connectivity index (χ0) is 21.1. The molecule has 0 unspecified atom stereocenters. The molecule has 0 bridgehead atoms. The van der Waals surface area contributed by atoms with Crippen molar-refractivity contribution < 1.29 is 26.3 Å². The fourth-order valence-electron chi connectivity index (χ4n) is 3.53. The molecular formula is C18H23F6N3S. The SMILES string of the molecule is CN(C)[C@@H]1CCCC[C@H]1CNC(=S)Nc1cc(C(F)(F)F)cc(C(F)(F)F)c1. The van der Waals surface area contributed by atoms with E-state index >= 15 is 0 Å². The van der Waals surface area contributed by atoms with E-state index in [2.05, 4.69) is 15.5 Å². The van der Waals surface area contributed by atoms with Crippen molar-refractivity contribution in [1.82, 2.24) is 10.2 Å². The van der Waals surface area contributed by atoms with Gasteiger partial charge in [0.15, 0.2) is 5.11 Å². The summed E-state index contributed by atoms with van der Waals surface area (Å²) in [5, 5.41) is 5.39. The predicted octanol–water partition coefficient (Wildman–Crippen LogP) is 5.13. The standard InChI is InChI=1S/C18H23F6N3S/c1-27(2)15-6-4-3-5-11(15)10-25-16(28)26-14-8-12(17(19,20)21)7-13(9-14)18(22,23)24/h7-9,11,15H,3-6,10H2,1-2H3,(H2,25,26,28)/t11-,15+/m0/s1. The van der Waals surface area contributed by atoms with Gasteiger partial charge in [-0.3, -0.25) is 0 Å². The molecule has 1 aromatic carbocycles. The Hall–Kier alpha value is -1.55. The van der Waals surface area contributed by atoms with Crippen LogP contribution in [0.15, 0.2) is 18.2 Å². The van der Waals surface area contributed by atoms with Crippen molar-refractivity contribution in [2.75, 3.05) is 26.0 Å². The highest BCUT2D eigenvalue weighted by atomic mass is 32.1. The number of nitrogens with zero attached hydrogens (tertiary/aromatic N) is 1. The van der Waals surface area contributed by atoms with Crippen LogP contribution in [0.1, 0.15) is 36.8 Å². The van der Waals surface area contributed by atoms with Crippen molar-refractivity contribution in [2.45, 2.75) is 44.1 Å². The third kappa shape index (κ3) is 6.23. The summed E-state index contributed by atoms with van der Waals surface area (Å²) >= 11 is 5.08. The maximum atomic E-state index is 12.9. The first-order valence-electron chi connectivity index (χ1n) is 8.88. The predicted molar refractivity (Wildman–Crippen MR) is 100 cm³/mol. The zero-order valence-electron chi connectivity index (χ0n) is 15.5. The van der Waals surface area contributed by atoms with E-state index in [4.69, 9.17) is 12.2 Å². The first kappa shape index (κ1) is 22.7. The monoisotopic (exact) mass is 427 g/mol. The molecule has 3 nitrogen and oxygen atoms in total. The van der Waals surface area contributed by atoms with Crippen LogP contribution < -0.4 is 10.6 Å². The molecule has 2 rings (SSSR count). The summed E-state index contributed by atoms with van der Waals surface area (Å²) in [4.78, 5) is 2.13. The van der Waals surface area contributed by atoms with Crippen LogP contribution in [-0.2, 0) is 12.4 Å². The minimum Gasteiger partial charge on any atom is -0.362 e. The van der Waals surface area contributed by atoms with Gasteiger partial charge in [0.2, 0.25) is 0 Å². The summed E-state index contributed by atoms with van der Waals surface area (Å²) in [7, 11) is 3.97. The van der Waals surface area contributed by atoms with E-state index in [1.54, 1.807) is 0 Å². The van der Waals surface area contributed by atoms with Crippen molar-refractivity contribution in [2.24, 2.45) is 5.92 Å². The van der Waals surface area contributed by atoms with Crippen molar-refractivity contribution >= 4 is 23.0 Å². The van der Waals surface area contributed by atoms with Crippen LogP contribution in [0.4, 0.5) is 32.0 Å². The van der Waals surface area contributed by atoms with Gasteiger partial charge in [0.05, 0.1) is 11.1 Å². The maximum Gasteiger partial charge on any atom is 0.416 e. The van der Waals surface area contributed by atoms with E-state index < -0.39 is 23.5 Å². The molecule has 2 N–H and O–H groups in total. The number of halogens is 6. The van der Waals surface area contributed by atoms with Gasteiger partial charge in [0.1, 0.15) is 0 Å². The zero-order valence-corrected chi connectivity index (χ0v) is 16.4. The van der Waals surface area contributed by atoms with Crippen LogP contribution in [0.5, 0.6) is 0 Å². The first-order chi connectivity index (χ1) is 12.9. The quantitative estimate of drug-likeness (QED) is 0.515. The van der Waals surface area contributed by atoms with Crippen molar-refractivity contribution in [3.05, 3.63) is 29.3 Å². The highest BCUT2D eigenvalue weighted by molar-refractivity contribution is 7.80. The minimum absolute atomic E-state index is 0.00414. The molecule has 1 fully saturated rings. The maximum absolute atomic E-state index is 12.9. The summed E-state index contributed by atoms with van der Waals surface area (Å²) in [6.45, 7) is 0.500. The highest BCUT2D eigenvalue weighted by Gasteiger charge is 2.37. The van der Waals surface area contributed by atoms with Crippen LogP contribution in [0, 0.1) is 5.92 Å². The lowest BCUT2D eigenvalue weighted by Gasteiger charge is -2.36. The van der Waals surface area contributed by atoms with E-state index in [0.717, 1.165) is 25.7 Å². The second-order valence-corrected chi connectivity index (χ2v) is 7.61. The van der Waals surface area contributed by atoms with Gasteiger partial charge < -0.3 is 15.5 Å². The fraction of sp³-hybridized carbons (Fsp3) is 0.611. The number of nitrogens with one attached hydrogen (secondary N) is 2. The molecule has 0 spiro atoms. The fourth-order valence-corrected chi connectivity index (χ4v) is 3.73. The third-order valence-electron chi connectivity index (χ3n) is 4.90. The van der Waals surface area contributed by atoms with Gasteiger partial charge in [0, 0.05) is 18.3 Å². The molecule has 0 aromatic heterocycles. The van der Waals surface area contributed by atoms with Crippen LogP contribution in [0.2, 0.25) is 0 Å². The van der Waals surface area contributed by atoms with Crippen LogP contribution in [-0.4, -0.2) is 36.7 Å². The molecule has 1 aliphatic rings. The van der Waals surface area contributed by atoms with E-state index in [0.29, 0.717) is 30.6 Å². The average molecular weight is 427 g/mol. The second kappa shape index (κ2) is 8.86. The molecule has 0 radical (unpaired) electrons. The molecule has 1 aromatic rings. The number of hydrogen-bond acceptors (Lipinski definition) is 2. The topological polar surface area (TPSA) is 27.3 Å². The summed E-state index contributed by atoms with van der Waals surface area (Å²) in [5.74, 6) is 0.302. The Bertz CT molecular complexity index is 655. The van der Waals surface area contributed by atoms with Gasteiger partial charge >= 0.3 is 12.4 Å². The summed E-state index contributed by atoms with van der Waals surface area (Å²) in [5.41, 5.74) is -3.12. The van der Waals surface area contributed by atoms with Gasteiger partial charge in [0.25, 0.3) is 0 Å².